The van der Waals surface area contributed by atoms with Crippen molar-refractivity contribution in [1.29, 1.82) is 0 Å². The van der Waals surface area contributed by atoms with E-state index in [1.807, 2.05) is 0 Å². The molecule has 0 aliphatic carbocycles. The Balaban J connectivity index is 2.11. The van der Waals surface area contributed by atoms with Gasteiger partial charge in [-0.25, -0.2) is 8.42 Å². The number of carbonyl (C=O) groups is 1. The van der Waals surface area contributed by atoms with E-state index in [1.165, 1.54) is 12.4 Å². The first-order valence-corrected chi connectivity index (χ1v) is 5.67. The fourth-order valence-electron chi connectivity index (χ4n) is 1.32. The van der Waals surface area contributed by atoms with Crippen molar-refractivity contribution in [2.24, 2.45) is 5.92 Å². The van der Waals surface area contributed by atoms with Crippen molar-refractivity contribution < 1.29 is 18.3 Å². The number of aromatic amines is 1. The lowest BCUT2D eigenvalue weighted by Crippen LogP contribution is -2.52. The predicted octanol–water partition coefficient (Wildman–Crippen LogP) is -0.885. The Morgan fingerprint density at radius 2 is 2.27 bits per heavy atom. The largest absolute Gasteiger partial charge is 0.481 e. The first-order chi connectivity index (χ1) is 7.01. The van der Waals surface area contributed by atoms with Crippen molar-refractivity contribution in [3.05, 3.63) is 12.4 Å². The van der Waals surface area contributed by atoms with Crippen LogP contribution in [0.3, 0.4) is 0 Å². The molecule has 1 aromatic rings. The third kappa shape index (κ3) is 1.61. The van der Waals surface area contributed by atoms with Crippen LogP contribution in [-0.4, -0.2) is 47.1 Å². The second-order valence-electron chi connectivity index (χ2n) is 3.29. The molecule has 1 saturated heterocycles. The Hall–Kier alpha value is -1.41. The molecule has 0 spiro atoms. The molecular weight excluding hydrogens is 222 g/mol. The van der Waals surface area contributed by atoms with Crippen LogP contribution in [0.15, 0.2) is 17.3 Å². The molecule has 8 heteroatoms. The monoisotopic (exact) mass is 231 g/mol. The summed E-state index contributed by atoms with van der Waals surface area (Å²) in [5, 5.41) is 14.5. The van der Waals surface area contributed by atoms with Crippen molar-refractivity contribution >= 4 is 16.0 Å². The smallest absolute Gasteiger partial charge is 0.309 e. The highest BCUT2D eigenvalue weighted by molar-refractivity contribution is 7.89. The number of carboxylic acids is 1. The molecule has 0 aromatic carbocycles. The average molecular weight is 231 g/mol. The molecule has 0 saturated carbocycles. The van der Waals surface area contributed by atoms with E-state index in [1.54, 1.807) is 0 Å². The number of hydrogen-bond acceptors (Lipinski definition) is 4. The molecule has 1 aliphatic heterocycles. The molecule has 2 rings (SSSR count). The molecule has 1 aliphatic rings. The van der Waals surface area contributed by atoms with Gasteiger partial charge in [0, 0.05) is 19.3 Å². The maximum absolute atomic E-state index is 11.7. The molecule has 1 aromatic heterocycles. The molecule has 2 heterocycles. The zero-order chi connectivity index (χ0) is 11.1. The number of nitrogens with one attached hydrogen (secondary N) is 1. The number of carboxylic acid groups (broad SMARTS) is 1. The second kappa shape index (κ2) is 3.31. The first-order valence-electron chi connectivity index (χ1n) is 4.23. The summed E-state index contributed by atoms with van der Waals surface area (Å²) in [7, 11) is -3.55. The summed E-state index contributed by atoms with van der Waals surface area (Å²) in [6.45, 7) is 0.0612. The van der Waals surface area contributed by atoms with E-state index in [0.29, 0.717) is 0 Å². The maximum Gasteiger partial charge on any atom is 0.309 e. The van der Waals surface area contributed by atoms with Gasteiger partial charge in [-0.2, -0.15) is 9.40 Å². The Bertz CT molecular complexity index is 460. The number of sulfonamides is 1. The SMILES string of the molecule is O=C(O)C1CN(S(=O)(=O)c2cn[nH]c2)C1. The highest BCUT2D eigenvalue weighted by atomic mass is 32.2. The van der Waals surface area contributed by atoms with Crippen LogP contribution in [-0.2, 0) is 14.8 Å². The van der Waals surface area contributed by atoms with Crippen molar-refractivity contribution in [1.82, 2.24) is 14.5 Å². The Kier molecular flexibility index (Phi) is 2.24. The van der Waals surface area contributed by atoms with Gasteiger partial charge in [0.25, 0.3) is 0 Å². The minimum atomic E-state index is -3.55. The van der Waals surface area contributed by atoms with Crippen LogP contribution in [0.1, 0.15) is 0 Å². The highest BCUT2D eigenvalue weighted by Gasteiger charge is 2.40. The molecule has 0 unspecified atom stereocenters. The Morgan fingerprint density at radius 3 is 2.73 bits per heavy atom. The van der Waals surface area contributed by atoms with Crippen LogP contribution in [0.4, 0.5) is 0 Å². The lowest BCUT2D eigenvalue weighted by atomic mass is 10.0. The van der Waals surface area contributed by atoms with Gasteiger partial charge in [-0.3, -0.25) is 9.89 Å². The minimum Gasteiger partial charge on any atom is -0.481 e. The maximum atomic E-state index is 11.7. The van der Waals surface area contributed by atoms with Crippen LogP contribution in [0.2, 0.25) is 0 Å². The zero-order valence-corrected chi connectivity index (χ0v) is 8.44. The average Bonchev–Trinajstić information content (AvgIpc) is 2.50. The topological polar surface area (TPSA) is 103 Å². The lowest BCUT2D eigenvalue weighted by molar-refractivity contribution is -0.145. The van der Waals surface area contributed by atoms with Gasteiger partial charge in [0.15, 0.2) is 0 Å². The van der Waals surface area contributed by atoms with E-state index in [9.17, 15) is 13.2 Å². The standard InChI is InChI=1S/C7H9N3O4S/c11-7(12)5-3-10(4-5)15(13,14)6-1-8-9-2-6/h1-2,5H,3-4H2,(H,8,9)(H,11,12). The van der Waals surface area contributed by atoms with E-state index in [0.717, 1.165) is 4.31 Å². The summed E-state index contributed by atoms with van der Waals surface area (Å²) in [4.78, 5) is 10.6. The van der Waals surface area contributed by atoms with E-state index < -0.39 is 21.9 Å². The number of hydrogen-bond donors (Lipinski definition) is 2. The molecule has 7 nitrogen and oxygen atoms in total. The lowest BCUT2D eigenvalue weighted by Gasteiger charge is -2.34. The van der Waals surface area contributed by atoms with Crippen molar-refractivity contribution in [2.75, 3.05) is 13.1 Å². The van der Waals surface area contributed by atoms with Crippen LogP contribution in [0.25, 0.3) is 0 Å². The summed E-state index contributed by atoms with van der Waals surface area (Å²) >= 11 is 0. The minimum absolute atomic E-state index is 0.0306. The van der Waals surface area contributed by atoms with Gasteiger partial charge in [0.05, 0.1) is 12.1 Å². The first kappa shape index (κ1) is 10.1. The molecule has 0 radical (unpaired) electrons. The summed E-state index contributed by atoms with van der Waals surface area (Å²) in [5.41, 5.74) is 0. The summed E-state index contributed by atoms with van der Waals surface area (Å²) in [5.74, 6) is -1.56. The molecule has 82 valence electrons. The van der Waals surface area contributed by atoms with Crippen molar-refractivity contribution in [3.63, 3.8) is 0 Å². The number of rotatable bonds is 3. The van der Waals surface area contributed by atoms with Gasteiger partial charge >= 0.3 is 5.97 Å². The molecule has 2 N–H and O–H groups in total. The molecule has 0 bridgehead atoms. The van der Waals surface area contributed by atoms with Crippen molar-refractivity contribution in [2.45, 2.75) is 4.90 Å². The normalized spacial score (nSPS) is 18.7. The van der Waals surface area contributed by atoms with E-state index in [4.69, 9.17) is 5.11 Å². The summed E-state index contributed by atoms with van der Waals surface area (Å²) in [6.07, 6.45) is 2.47. The van der Waals surface area contributed by atoms with Crippen LogP contribution < -0.4 is 0 Å². The second-order valence-corrected chi connectivity index (χ2v) is 5.23. The summed E-state index contributed by atoms with van der Waals surface area (Å²) < 4.78 is 24.6. The Morgan fingerprint density at radius 1 is 1.60 bits per heavy atom. The van der Waals surface area contributed by atoms with E-state index >= 15 is 0 Å². The number of aromatic nitrogens is 2. The molecule has 0 amide bonds. The van der Waals surface area contributed by atoms with Gasteiger partial charge < -0.3 is 5.11 Å². The molecular formula is C7H9N3O4S. The predicted molar refractivity (Wildman–Crippen MR) is 48.5 cm³/mol. The quantitative estimate of drug-likeness (QED) is 0.702. The van der Waals surface area contributed by atoms with Crippen LogP contribution >= 0.6 is 0 Å². The third-order valence-corrected chi connectivity index (χ3v) is 4.11. The van der Waals surface area contributed by atoms with Crippen LogP contribution in [0.5, 0.6) is 0 Å². The number of H-pyrrole nitrogens is 1. The van der Waals surface area contributed by atoms with Crippen molar-refractivity contribution in [3.8, 4) is 0 Å². The molecule has 0 atom stereocenters. The zero-order valence-electron chi connectivity index (χ0n) is 7.62. The van der Waals surface area contributed by atoms with Gasteiger partial charge in [-0.05, 0) is 0 Å². The van der Waals surface area contributed by atoms with Gasteiger partial charge in [0.2, 0.25) is 10.0 Å². The highest BCUT2D eigenvalue weighted by Crippen LogP contribution is 2.24. The molecule has 1 fully saturated rings. The van der Waals surface area contributed by atoms with E-state index in [2.05, 4.69) is 10.2 Å². The number of nitrogens with zero attached hydrogens (tertiary/aromatic N) is 2. The summed E-state index contributed by atoms with van der Waals surface area (Å²) in [6, 6.07) is 0. The number of aliphatic carboxylic acids is 1. The van der Waals surface area contributed by atoms with Crippen LogP contribution in [0, 0.1) is 5.92 Å². The fourth-order valence-corrected chi connectivity index (χ4v) is 2.76. The van der Waals surface area contributed by atoms with Gasteiger partial charge in [-0.1, -0.05) is 0 Å². The third-order valence-electron chi connectivity index (χ3n) is 2.31. The Labute approximate surface area is 85.8 Å². The van der Waals surface area contributed by atoms with Gasteiger partial charge in [0.1, 0.15) is 4.90 Å². The van der Waals surface area contributed by atoms with E-state index in [-0.39, 0.29) is 18.0 Å². The molecule has 15 heavy (non-hydrogen) atoms. The fraction of sp³-hybridized carbons (Fsp3) is 0.429. The van der Waals surface area contributed by atoms with Gasteiger partial charge in [-0.15, -0.1) is 0 Å².